The lowest BCUT2D eigenvalue weighted by atomic mass is 10.1. The summed E-state index contributed by atoms with van der Waals surface area (Å²) >= 11 is 1.63. The highest BCUT2D eigenvalue weighted by atomic mass is 32.1. The Balaban J connectivity index is 2.45. The third-order valence-electron chi connectivity index (χ3n) is 2.68. The van der Waals surface area contributed by atoms with E-state index >= 15 is 0 Å². The van der Waals surface area contributed by atoms with Gasteiger partial charge in [-0.2, -0.15) is 13.2 Å². The average Bonchev–Trinajstić information content (AvgIpc) is 2.73. The van der Waals surface area contributed by atoms with E-state index in [9.17, 15) is 13.2 Å². The molecule has 1 atom stereocenters. The molecule has 0 spiro atoms. The SMILES string of the molecule is CCCNC(CCOCC(F)(F)F)c1sccc1C. The van der Waals surface area contributed by atoms with Crippen molar-refractivity contribution in [1.29, 1.82) is 0 Å². The van der Waals surface area contributed by atoms with Crippen LogP contribution in [0.1, 0.15) is 36.2 Å². The first kappa shape index (κ1) is 16.5. The maximum Gasteiger partial charge on any atom is 0.411 e. The molecule has 110 valence electrons. The van der Waals surface area contributed by atoms with Crippen molar-refractivity contribution in [3.63, 3.8) is 0 Å². The molecule has 1 rings (SSSR count). The number of rotatable bonds is 8. The van der Waals surface area contributed by atoms with Crippen LogP contribution in [-0.2, 0) is 4.74 Å². The van der Waals surface area contributed by atoms with Crippen LogP contribution in [0.5, 0.6) is 0 Å². The highest BCUT2D eigenvalue weighted by Crippen LogP contribution is 2.26. The van der Waals surface area contributed by atoms with Gasteiger partial charge in [0.2, 0.25) is 0 Å². The lowest BCUT2D eigenvalue weighted by molar-refractivity contribution is -0.174. The van der Waals surface area contributed by atoms with E-state index in [2.05, 4.69) is 17.0 Å². The Labute approximate surface area is 116 Å². The van der Waals surface area contributed by atoms with E-state index in [-0.39, 0.29) is 12.6 Å². The summed E-state index contributed by atoms with van der Waals surface area (Å²) in [6.07, 6.45) is -2.70. The minimum absolute atomic E-state index is 0.0770. The fraction of sp³-hybridized carbons (Fsp3) is 0.692. The number of halogens is 3. The van der Waals surface area contributed by atoms with Crippen molar-refractivity contribution >= 4 is 11.3 Å². The zero-order valence-electron chi connectivity index (χ0n) is 11.2. The average molecular weight is 295 g/mol. The van der Waals surface area contributed by atoms with E-state index in [0.717, 1.165) is 13.0 Å². The molecule has 1 aromatic rings. The molecule has 0 aliphatic carbocycles. The molecule has 0 aromatic carbocycles. The first-order chi connectivity index (χ1) is 8.94. The maximum absolute atomic E-state index is 12.0. The van der Waals surface area contributed by atoms with Crippen molar-refractivity contribution in [3.8, 4) is 0 Å². The minimum atomic E-state index is -4.24. The molecule has 0 bridgehead atoms. The predicted octanol–water partition coefficient (Wildman–Crippen LogP) is 4.07. The van der Waals surface area contributed by atoms with Gasteiger partial charge in [0.25, 0.3) is 0 Å². The van der Waals surface area contributed by atoms with E-state index < -0.39 is 12.8 Å². The standard InChI is InChI=1S/C13H20F3NOS/c1-3-6-17-11(12-10(2)5-8-19-12)4-7-18-9-13(14,15)16/h5,8,11,17H,3-4,6-7,9H2,1-2H3. The third-order valence-corrected chi connectivity index (χ3v) is 3.81. The molecule has 1 N–H and O–H groups in total. The van der Waals surface area contributed by atoms with Gasteiger partial charge in [0.15, 0.2) is 0 Å². The van der Waals surface area contributed by atoms with E-state index in [1.54, 1.807) is 11.3 Å². The van der Waals surface area contributed by atoms with Gasteiger partial charge in [0.1, 0.15) is 6.61 Å². The van der Waals surface area contributed by atoms with Crippen LogP contribution in [0.4, 0.5) is 13.2 Å². The summed E-state index contributed by atoms with van der Waals surface area (Å²) in [5.41, 5.74) is 1.18. The van der Waals surface area contributed by atoms with Crippen LogP contribution in [0.25, 0.3) is 0 Å². The Bertz CT molecular complexity index is 365. The van der Waals surface area contributed by atoms with Crippen molar-refractivity contribution < 1.29 is 17.9 Å². The Morgan fingerprint density at radius 1 is 1.42 bits per heavy atom. The molecule has 0 radical (unpaired) electrons. The third kappa shape index (κ3) is 6.40. The molecule has 19 heavy (non-hydrogen) atoms. The molecule has 6 heteroatoms. The summed E-state index contributed by atoms with van der Waals surface area (Å²) in [5.74, 6) is 0. The monoisotopic (exact) mass is 295 g/mol. The van der Waals surface area contributed by atoms with Crippen molar-refractivity contribution in [2.75, 3.05) is 19.8 Å². The topological polar surface area (TPSA) is 21.3 Å². The molecule has 2 nitrogen and oxygen atoms in total. The Morgan fingerprint density at radius 2 is 2.16 bits per heavy atom. The quantitative estimate of drug-likeness (QED) is 0.730. The number of alkyl halides is 3. The minimum Gasteiger partial charge on any atom is -0.372 e. The number of hydrogen-bond donors (Lipinski definition) is 1. The van der Waals surface area contributed by atoms with Gasteiger partial charge in [-0.1, -0.05) is 6.92 Å². The van der Waals surface area contributed by atoms with Gasteiger partial charge < -0.3 is 10.1 Å². The number of thiophene rings is 1. The van der Waals surface area contributed by atoms with Gasteiger partial charge in [0, 0.05) is 17.5 Å². The normalized spacial score (nSPS) is 13.7. The first-order valence-corrected chi connectivity index (χ1v) is 7.24. The van der Waals surface area contributed by atoms with Crippen molar-refractivity contribution in [1.82, 2.24) is 5.32 Å². The molecule has 0 saturated carbocycles. The molecule has 1 unspecified atom stereocenters. The van der Waals surface area contributed by atoms with Crippen LogP contribution in [-0.4, -0.2) is 25.9 Å². The number of ether oxygens (including phenoxy) is 1. The zero-order valence-corrected chi connectivity index (χ0v) is 12.0. The summed E-state index contributed by atoms with van der Waals surface area (Å²) in [7, 11) is 0. The molecule has 0 aliphatic heterocycles. The van der Waals surface area contributed by atoms with Crippen molar-refractivity contribution in [2.45, 2.75) is 38.9 Å². The molecular weight excluding hydrogens is 275 g/mol. The Morgan fingerprint density at radius 3 is 2.68 bits per heavy atom. The lowest BCUT2D eigenvalue weighted by Gasteiger charge is -2.18. The van der Waals surface area contributed by atoms with Gasteiger partial charge in [0.05, 0.1) is 0 Å². The van der Waals surface area contributed by atoms with Crippen LogP contribution in [0, 0.1) is 6.92 Å². The predicted molar refractivity (Wildman–Crippen MR) is 71.6 cm³/mol. The Hall–Kier alpha value is -0.590. The fourth-order valence-corrected chi connectivity index (χ4v) is 2.81. The fourth-order valence-electron chi connectivity index (χ4n) is 1.77. The summed E-state index contributed by atoms with van der Waals surface area (Å²) in [4.78, 5) is 1.18. The molecule has 0 saturated heterocycles. The first-order valence-electron chi connectivity index (χ1n) is 6.36. The molecule has 1 heterocycles. The van der Waals surface area contributed by atoms with Gasteiger partial charge >= 0.3 is 6.18 Å². The van der Waals surface area contributed by atoms with Gasteiger partial charge in [-0.15, -0.1) is 11.3 Å². The highest BCUT2D eigenvalue weighted by molar-refractivity contribution is 7.10. The second-order valence-corrected chi connectivity index (χ2v) is 5.38. The summed E-state index contributed by atoms with van der Waals surface area (Å²) < 4.78 is 40.6. The van der Waals surface area contributed by atoms with Crippen LogP contribution >= 0.6 is 11.3 Å². The molecule has 0 aliphatic rings. The summed E-state index contributed by atoms with van der Waals surface area (Å²) in [6, 6.07) is 2.10. The number of aryl methyl sites for hydroxylation is 1. The van der Waals surface area contributed by atoms with E-state index in [0.29, 0.717) is 6.42 Å². The van der Waals surface area contributed by atoms with Gasteiger partial charge in [-0.05, 0) is 43.3 Å². The second-order valence-electron chi connectivity index (χ2n) is 4.43. The number of nitrogens with one attached hydrogen (secondary N) is 1. The second kappa shape index (κ2) is 7.87. The number of hydrogen-bond acceptors (Lipinski definition) is 3. The van der Waals surface area contributed by atoms with Gasteiger partial charge in [-0.3, -0.25) is 0 Å². The summed E-state index contributed by atoms with van der Waals surface area (Å²) in [6.45, 7) is 3.87. The van der Waals surface area contributed by atoms with Crippen LogP contribution in [0.15, 0.2) is 11.4 Å². The molecular formula is C13H20F3NOS. The van der Waals surface area contributed by atoms with Crippen LogP contribution in [0.2, 0.25) is 0 Å². The summed E-state index contributed by atoms with van der Waals surface area (Å²) in [5, 5.41) is 5.36. The Kier molecular flexibility index (Phi) is 6.82. The lowest BCUT2D eigenvalue weighted by Crippen LogP contribution is -2.24. The molecule has 1 aromatic heterocycles. The van der Waals surface area contributed by atoms with E-state index in [1.165, 1.54) is 10.4 Å². The van der Waals surface area contributed by atoms with Crippen molar-refractivity contribution in [2.24, 2.45) is 0 Å². The molecule has 0 amide bonds. The van der Waals surface area contributed by atoms with Crippen LogP contribution < -0.4 is 5.32 Å². The largest absolute Gasteiger partial charge is 0.411 e. The molecule has 0 fully saturated rings. The highest BCUT2D eigenvalue weighted by Gasteiger charge is 2.27. The smallest absolute Gasteiger partial charge is 0.372 e. The van der Waals surface area contributed by atoms with E-state index in [4.69, 9.17) is 0 Å². The zero-order chi connectivity index (χ0) is 14.3. The van der Waals surface area contributed by atoms with E-state index in [1.807, 2.05) is 18.4 Å². The van der Waals surface area contributed by atoms with Crippen LogP contribution in [0.3, 0.4) is 0 Å². The van der Waals surface area contributed by atoms with Gasteiger partial charge in [-0.25, -0.2) is 0 Å². The maximum atomic E-state index is 12.0. The van der Waals surface area contributed by atoms with Crippen molar-refractivity contribution in [3.05, 3.63) is 21.9 Å².